The number of amides is 1. The fourth-order valence-corrected chi connectivity index (χ4v) is 1.80. The van der Waals surface area contributed by atoms with Gasteiger partial charge in [-0.2, -0.15) is 0 Å². The normalized spacial score (nSPS) is 23.8. The molecule has 1 N–H and O–H groups in total. The number of alkyl halides is 1. The SMILES string of the molecule is CC1=CCC(F)(C(=O)O)C(=O)N1c1ccncc1. The lowest BCUT2D eigenvalue weighted by molar-refractivity contribution is -0.157. The zero-order chi connectivity index (χ0) is 13.3. The first-order valence-electron chi connectivity index (χ1n) is 5.30. The number of pyridine rings is 1. The highest BCUT2D eigenvalue weighted by molar-refractivity contribution is 6.14. The topological polar surface area (TPSA) is 70.5 Å². The summed E-state index contributed by atoms with van der Waals surface area (Å²) >= 11 is 0. The molecule has 1 amide bonds. The Hall–Kier alpha value is -2.24. The quantitative estimate of drug-likeness (QED) is 0.808. The summed E-state index contributed by atoms with van der Waals surface area (Å²) < 4.78 is 14.1. The van der Waals surface area contributed by atoms with E-state index < -0.39 is 24.0 Å². The van der Waals surface area contributed by atoms with E-state index in [-0.39, 0.29) is 0 Å². The number of allylic oxidation sites excluding steroid dienone is 2. The maximum Gasteiger partial charge on any atom is 0.351 e. The van der Waals surface area contributed by atoms with Crippen molar-refractivity contribution in [3.05, 3.63) is 36.3 Å². The minimum Gasteiger partial charge on any atom is -0.478 e. The van der Waals surface area contributed by atoms with Crippen LogP contribution in [0.3, 0.4) is 0 Å². The molecule has 0 saturated heterocycles. The van der Waals surface area contributed by atoms with Gasteiger partial charge in [0.05, 0.1) is 5.69 Å². The van der Waals surface area contributed by atoms with E-state index in [0.717, 1.165) is 4.90 Å². The standard InChI is InChI=1S/C12H11FN2O3/c1-8-2-5-12(13,11(17)18)10(16)15(8)9-3-6-14-7-4-9/h2-4,6-7H,5H2,1H3,(H,17,18). The zero-order valence-corrected chi connectivity index (χ0v) is 9.63. The summed E-state index contributed by atoms with van der Waals surface area (Å²) in [4.78, 5) is 27.8. The van der Waals surface area contributed by atoms with Crippen LogP contribution in [0.2, 0.25) is 0 Å². The number of hydrogen-bond acceptors (Lipinski definition) is 3. The molecule has 0 radical (unpaired) electrons. The van der Waals surface area contributed by atoms with Crippen LogP contribution in [0.1, 0.15) is 13.3 Å². The van der Waals surface area contributed by atoms with Crippen LogP contribution >= 0.6 is 0 Å². The predicted molar refractivity (Wildman–Crippen MR) is 61.6 cm³/mol. The van der Waals surface area contributed by atoms with Gasteiger partial charge >= 0.3 is 5.97 Å². The zero-order valence-electron chi connectivity index (χ0n) is 9.63. The van der Waals surface area contributed by atoms with E-state index >= 15 is 0 Å². The van der Waals surface area contributed by atoms with Crippen LogP contribution in [0.15, 0.2) is 36.3 Å². The van der Waals surface area contributed by atoms with Crippen molar-refractivity contribution in [1.29, 1.82) is 0 Å². The van der Waals surface area contributed by atoms with Gasteiger partial charge in [-0.25, -0.2) is 9.18 Å². The van der Waals surface area contributed by atoms with Gasteiger partial charge < -0.3 is 5.11 Å². The Balaban J connectivity index is 2.48. The van der Waals surface area contributed by atoms with Crippen molar-refractivity contribution in [3.8, 4) is 0 Å². The molecule has 0 bridgehead atoms. The Bertz CT molecular complexity index is 529. The third-order valence-corrected chi connectivity index (χ3v) is 2.83. The Morgan fingerprint density at radius 2 is 2.11 bits per heavy atom. The number of anilines is 1. The third kappa shape index (κ3) is 1.75. The number of nitrogens with zero attached hydrogens (tertiary/aromatic N) is 2. The smallest absolute Gasteiger partial charge is 0.351 e. The summed E-state index contributed by atoms with van der Waals surface area (Å²) in [5, 5.41) is 8.85. The molecular weight excluding hydrogens is 239 g/mol. The summed E-state index contributed by atoms with van der Waals surface area (Å²) in [6, 6.07) is 3.03. The average Bonchev–Trinajstić information content (AvgIpc) is 2.36. The summed E-state index contributed by atoms with van der Waals surface area (Å²) in [6.07, 6.45) is 3.85. The molecule has 1 aromatic heterocycles. The molecule has 2 heterocycles. The minimum absolute atomic E-state index is 0.395. The third-order valence-electron chi connectivity index (χ3n) is 2.83. The van der Waals surface area contributed by atoms with E-state index in [1.165, 1.54) is 30.6 Å². The monoisotopic (exact) mass is 250 g/mol. The molecular formula is C12H11FN2O3. The summed E-state index contributed by atoms with van der Waals surface area (Å²) in [5.74, 6) is -2.85. The van der Waals surface area contributed by atoms with Gasteiger partial charge in [0.15, 0.2) is 0 Å². The number of hydrogen-bond donors (Lipinski definition) is 1. The number of carboxylic acid groups (broad SMARTS) is 1. The predicted octanol–water partition coefficient (Wildman–Crippen LogP) is 1.52. The molecule has 18 heavy (non-hydrogen) atoms. The number of rotatable bonds is 2. The maximum absolute atomic E-state index is 14.1. The molecule has 6 heteroatoms. The maximum atomic E-state index is 14.1. The van der Waals surface area contributed by atoms with Crippen LogP contribution in [0, 0.1) is 0 Å². The summed E-state index contributed by atoms with van der Waals surface area (Å²) in [6.45, 7) is 1.62. The summed E-state index contributed by atoms with van der Waals surface area (Å²) in [7, 11) is 0. The fraction of sp³-hybridized carbons (Fsp3) is 0.250. The number of carbonyl (C=O) groups is 2. The van der Waals surface area contributed by atoms with Crippen molar-refractivity contribution in [2.24, 2.45) is 0 Å². The van der Waals surface area contributed by atoms with Crippen molar-refractivity contribution in [2.75, 3.05) is 4.90 Å². The van der Waals surface area contributed by atoms with Crippen LogP contribution < -0.4 is 4.90 Å². The molecule has 0 saturated carbocycles. The van der Waals surface area contributed by atoms with Crippen molar-refractivity contribution >= 4 is 17.6 Å². The first-order chi connectivity index (χ1) is 8.47. The van der Waals surface area contributed by atoms with E-state index in [4.69, 9.17) is 5.11 Å². The second-order valence-corrected chi connectivity index (χ2v) is 4.00. The highest BCUT2D eigenvalue weighted by atomic mass is 19.1. The second kappa shape index (κ2) is 4.21. The number of aromatic nitrogens is 1. The van der Waals surface area contributed by atoms with Crippen molar-refractivity contribution < 1.29 is 19.1 Å². The lowest BCUT2D eigenvalue weighted by Gasteiger charge is -2.33. The Morgan fingerprint density at radius 3 is 2.67 bits per heavy atom. The Morgan fingerprint density at radius 1 is 1.50 bits per heavy atom. The Labute approximate surface area is 103 Å². The minimum atomic E-state index is -2.90. The first-order valence-corrected chi connectivity index (χ1v) is 5.30. The molecule has 5 nitrogen and oxygen atoms in total. The largest absolute Gasteiger partial charge is 0.478 e. The molecule has 0 aliphatic carbocycles. The first kappa shape index (κ1) is 12.2. The van der Waals surface area contributed by atoms with E-state index in [2.05, 4.69) is 4.98 Å². The van der Waals surface area contributed by atoms with E-state index in [1.807, 2.05) is 0 Å². The van der Waals surface area contributed by atoms with E-state index in [0.29, 0.717) is 11.4 Å². The van der Waals surface area contributed by atoms with Gasteiger partial charge in [-0.05, 0) is 19.1 Å². The number of aliphatic carboxylic acids is 1. The van der Waals surface area contributed by atoms with Gasteiger partial charge in [0.1, 0.15) is 0 Å². The summed E-state index contributed by atoms with van der Waals surface area (Å²) in [5.41, 5.74) is -2.00. The highest BCUT2D eigenvalue weighted by Gasteiger charge is 2.51. The van der Waals surface area contributed by atoms with E-state index in [9.17, 15) is 14.0 Å². The molecule has 0 aromatic carbocycles. The van der Waals surface area contributed by atoms with Crippen LogP contribution in [-0.2, 0) is 9.59 Å². The lowest BCUT2D eigenvalue weighted by atomic mass is 9.95. The molecule has 1 aliphatic heterocycles. The Kier molecular flexibility index (Phi) is 2.86. The highest BCUT2D eigenvalue weighted by Crippen LogP contribution is 2.32. The van der Waals surface area contributed by atoms with Crippen molar-refractivity contribution in [3.63, 3.8) is 0 Å². The molecule has 0 fully saturated rings. The number of carbonyl (C=O) groups excluding carboxylic acids is 1. The van der Waals surface area contributed by atoms with Gasteiger partial charge in [0, 0.05) is 24.5 Å². The fourth-order valence-electron chi connectivity index (χ4n) is 1.80. The average molecular weight is 250 g/mol. The molecule has 1 unspecified atom stereocenters. The van der Waals surface area contributed by atoms with Crippen LogP contribution in [-0.4, -0.2) is 27.6 Å². The van der Waals surface area contributed by atoms with Crippen LogP contribution in [0.25, 0.3) is 0 Å². The number of halogens is 1. The van der Waals surface area contributed by atoms with Crippen molar-refractivity contribution in [2.45, 2.75) is 19.0 Å². The van der Waals surface area contributed by atoms with Crippen LogP contribution in [0.4, 0.5) is 10.1 Å². The van der Waals surface area contributed by atoms with E-state index in [1.54, 1.807) is 6.92 Å². The van der Waals surface area contributed by atoms with Gasteiger partial charge in [0.25, 0.3) is 11.6 Å². The van der Waals surface area contributed by atoms with Crippen LogP contribution in [0.5, 0.6) is 0 Å². The molecule has 1 aromatic rings. The van der Waals surface area contributed by atoms with Gasteiger partial charge in [-0.3, -0.25) is 14.7 Å². The van der Waals surface area contributed by atoms with Gasteiger partial charge in [0.2, 0.25) is 0 Å². The second-order valence-electron chi connectivity index (χ2n) is 4.00. The van der Waals surface area contributed by atoms with Gasteiger partial charge in [-0.15, -0.1) is 0 Å². The number of carboxylic acids is 1. The molecule has 94 valence electrons. The van der Waals surface area contributed by atoms with Gasteiger partial charge in [-0.1, -0.05) is 6.08 Å². The van der Waals surface area contributed by atoms with Crippen molar-refractivity contribution in [1.82, 2.24) is 4.98 Å². The molecule has 0 spiro atoms. The molecule has 1 aliphatic rings. The molecule has 1 atom stereocenters. The molecule has 2 rings (SSSR count). The lowest BCUT2D eigenvalue weighted by Crippen LogP contribution is -2.53.